The van der Waals surface area contributed by atoms with Crippen LogP contribution in [0.15, 0.2) is 6.07 Å². The maximum atomic E-state index is 11.2. The highest BCUT2D eigenvalue weighted by molar-refractivity contribution is 5.94. The molecule has 0 aliphatic rings. The molecule has 5 heteroatoms. The summed E-state index contributed by atoms with van der Waals surface area (Å²) in [5.74, 6) is 4.71. The molecule has 0 saturated carbocycles. The van der Waals surface area contributed by atoms with Crippen LogP contribution in [0.2, 0.25) is 0 Å². The number of amides is 1. The standard InChI is InChI=1S/C8H12N4O/c1-3-7-6(8(13)10-9)4-5(2)11-12-7/h4H,3,9H2,1-2H3,(H,10,13). The third kappa shape index (κ3) is 2.00. The van der Waals surface area contributed by atoms with Gasteiger partial charge in [-0.3, -0.25) is 10.2 Å². The number of nitrogens with zero attached hydrogens (tertiary/aromatic N) is 2. The number of aryl methyl sites for hydroxylation is 2. The zero-order valence-electron chi connectivity index (χ0n) is 7.66. The monoisotopic (exact) mass is 180 g/mol. The number of hydrogen-bond donors (Lipinski definition) is 2. The minimum atomic E-state index is -0.324. The van der Waals surface area contributed by atoms with Gasteiger partial charge >= 0.3 is 0 Å². The van der Waals surface area contributed by atoms with Gasteiger partial charge in [-0.2, -0.15) is 10.2 Å². The maximum Gasteiger partial charge on any atom is 0.267 e. The zero-order valence-corrected chi connectivity index (χ0v) is 7.66. The van der Waals surface area contributed by atoms with Gasteiger partial charge in [0.25, 0.3) is 5.91 Å². The number of carbonyl (C=O) groups is 1. The highest BCUT2D eigenvalue weighted by atomic mass is 16.2. The van der Waals surface area contributed by atoms with Crippen molar-refractivity contribution in [1.29, 1.82) is 0 Å². The van der Waals surface area contributed by atoms with E-state index in [0.29, 0.717) is 23.4 Å². The first-order valence-electron chi connectivity index (χ1n) is 4.03. The Bertz CT molecular complexity index is 324. The van der Waals surface area contributed by atoms with Gasteiger partial charge < -0.3 is 0 Å². The molecule has 0 unspecified atom stereocenters. The van der Waals surface area contributed by atoms with Crippen LogP contribution in [0, 0.1) is 6.92 Å². The summed E-state index contributed by atoms with van der Waals surface area (Å²) in [6, 6.07) is 1.67. The van der Waals surface area contributed by atoms with E-state index in [2.05, 4.69) is 15.6 Å². The number of hydrazine groups is 1. The van der Waals surface area contributed by atoms with E-state index in [4.69, 9.17) is 5.84 Å². The van der Waals surface area contributed by atoms with E-state index in [1.165, 1.54) is 0 Å². The van der Waals surface area contributed by atoms with Crippen molar-refractivity contribution in [1.82, 2.24) is 15.6 Å². The van der Waals surface area contributed by atoms with E-state index in [1.807, 2.05) is 6.92 Å². The Morgan fingerprint density at radius 3 is 2.85 bits per heavy atom. The Hall–Kier alpha value is -1.49. The van der Waals surface area contributed by atoms with Crippen LogP contribution in [-0.2, 0) is 6.42 Å². The summed E-state index contributed by atoms with van der Waals surface area (Å²) in [4.78, 5) is 11.2. The number of hydrogen-bond acceptors (Lipinski definition) is 4. The van der Waals surface area contributed by atoms with Crippen molar-refractivity contribution < 1.29 is 4.79 Å². The Morgan fingerprint density at radius 2 is 2.31 bits per heavy atom. The number of nitrogen functional groups attached to an aromatic ring is 1. The molecule has 70 valence electrons. The molecule has 1 aromatic heterocycles. The molecule has 0 saturated heterocycles. The normalized spacial score (nSPS) is 9.77. The van der Waals surface area contributed by atoms with Gasteiger partial charge in [0.1, 0.15) is 0 Å². The Morgan fingerprint density at radius 1 is 1.62 bits per heavy atom. The molecule has 0 fully saturated rings. The lowest BCUT2D eigenvalue weighted by molar-refractivity contribution is 0.0952. The average molecular weight is 180 g/mol. The van der Waals surface area contributed by atoms with Gasteiger partial charge in [0, 0.05) is 0 Å². The van der Waals surface area contributed by atoms with E-state index >= 15 is 0 Å². The first-order chi connectivity index (χ1) is 6.19. The predicted octanol–water partition coefficient (Wildman–Crippen LogP) is -0.0491. The van der Waals surface area contributed by atoms with Crippen molar-refractivity contribution >= 4 is 5.91 Å². The fraction of sp³-hybridized carbons (Fsp3) is 0.375. The molecule has 13 heavy (non-hydrogen) atoms. The van der Waals surface area contributed by atoms with Crippen LogP contribution in [0.4, 0.5) is 0 Å². The number of nitrogens with two attached hydrogens (primary N) is 1. The molecule has 0 aliphatic carbocycles. The lowest BCUT2D eigenvalue weighted by Gasteiger charge is -2.04. The fourth-order valence-electron chi connectivity index (χ4n) is 1.05. The highest BCUT2D eigenvalue weighted by Crippen LogP contribution is 2.06. The van der Waals surface area contributed by atoms with Crippen molar-refractivity contribution in [2.75, 3.05) is 0 Å². The molecule has 1 aromatic rings. The first-order valence-corrected chi connectivity index (χ1v) is 4.03. The summed E-state index contributed by atoms with van der Waals surface area (Å²) in [6.45, 7) is 3.69. The first kappa shape index (κ1) is 9.60. The van der Waals surface area contributed by atoms with E-state index in [0.717, 1.165) is 0 Å². The third-order valence-electron chi connectivity index (χ3n) is 1.70. The van der Waals surface area contributed by atoms with Crippen LogP contribution in [0.25, 0.3) is 0 Å². The summed E-state index contributed by atoms with van der Waals surface area (Å²) >= 11 is 0. The third-order valence-corrected chi connectivity index (χ3v) is 1.70. The van der Waals surface area contributed by atoms with Crippen molar-refractivity contribution in [3.63, 3.8) is 0 Å². The zero-order chi connectivity index (χ0) is 9.84. The molecule has 0 aliphatic heterocycles. The van der Waals surface area contributed by atoms with Crippen LogP contribution in [0.3, 0.4) is 0 Å². The van der Waals surface area contributed by atoms with Crippen LogP contribution in [0.1, 0.15) is 28.7 Å². The van der Waals surface area contributed by atoms with Crippen molar-refractivity contribution in [3.8, 4) is 0 Å². The molecule has 0 spiro atoms. The Balaban J connectivity index is 3.15. The summed E-state index contributed by atoms with van der Waals surface area (Å²) in [6.07, 6.45) is 0.663. The summed E-state index contributed by atoms with van der Waals surface area (Å²) in [7, 11) is 0. The molecule has 1 heterocycles. The van der Waals surface area contributed by atoms with Gasteiger partial charge in [-0.05, 0) is 19.4 Å². The molecular formula is C8H12N4O. The lowest BCUT2D eigenvalue weighted by Crippen LogP contribution is -2.31. The smallest absolute Gasteiger partial charge is 0.267 e. The molecule has 0 radical (unpaired) electrons. The predicted molar refractivity (Wildman–Crippen MR) is 47.8 cm³/mol. The molecule has 5 nitrogen and oxygen atoms in total. The minimum Gasteiger partial charge on any atom is -0.290 e. The molecular weight excluding hydrogens is 168 g/mol. The number of carbonyl (C=O) groups excluding carboxylic acids is 1. The Labute approximate surface area is 76.3 Å². The molecule has 1 rings (SSSR count). The van der Waals surface area contributed by atoms with Crippen molar-refractivity contribution in [3.05, 3.63) is 23.0 Å². The van der Waals surface area contributed by atoms with Crippen LogP contribution < -0.4 is 11.3 Å². The maximum absolute atomic E-state index is 11.2. The Kier molecular flexibility index (Phi) is 2.92. The van der Waals surface area contributed by atoms with Gasteiger partial charge in [0.15, 0.2) is 0 Å². The van der Waals surface area contributed by atoms with E-state index in [1.54, 1.807) is 13.0 Å². The van der Waals surface area contributed by atoms with E-state index in [-0.39, 0.29) is 5.91 Å². The summed E-state index contributed by atoms with van der Waals surface area (Å²) in [5.41, 5.74) is 3.94. The van der Waals surface area contributed by atoms with E-state index < -0.39 is 0 Å². The van der Waals surface area contributed by atoms with Gasteiger partial charge in [-0.1, -0.05) is 6.92 Å². The SMILES string of the molecule is CCc1nnc(C)cc1C(=O)NN. The highest BCUT2D eigenvalue weighted by Gasteiger charge is 2.10. The molecule has 0 atom stereocenters. The summed E-state index contributed by atoms with van der Waals surface area (Å²) in [5, 5.41) is 7.76. The van der Waals surface area contributed by atoms with Gasteiger partial charge in [-0.15, -0.1) is 0 Å². The van der Waals surface area contributed by atoms with Crippen molar-refractivity contribution in [2.45, 2.75) is 20.3 Å². The topological polar surface area (TPSA) is 80.9 Å². The second-order valence-corrected chi connectivity index (χ2v) is 2.67. The number of aromatic nitrogens is 2. The largest absolute Gasteiger partial charge is 0.290 e. The molecule has 1 amide bonds. The quantitative estimate of drug-likeness (QED) is 0.380. The van der Waals surface area contributed by atoms with Crippen LogP contribution in [0.5, 0.6) is 0 Å². The average Bonchev–Trinajstić information content (AvgIpc) is 2.16. The van der Waals surface area contributed by atoms with Crippen molar-refractivity contribution in [2.24, 2.45) is 5.84 Å². The second kappa shape index (κ2) is 3.95. The lowest BCUT2D eigenvalue weighted by atomic mass is 10.1. The molecule has 0 aromatic carbocycles. The van der Waals surface area contributed by atoms with Gasteiger partial charge in [-0.25, -0.2) is 5.84 Å². The second-order valence-electron chi connectivity index (χ2n) is 2.67. The fourth-order valence-corrected chi connectivity index (χ4v) is 1.05. The van der Waals surface area contributed by atoms with Gasteiger partial charge in [0.2, 0.25) is 0 Å². The van der Waals surface area contributed by atoms with Crippen LogP contribution in [-0.4, -0.2) is 16.1 Å². The molecule has 0 bridgehead atoms. The number of rotatable bonds is 2. The summed E-state index contributed by atoms with van der Waals surface area (Å²) < 4.78 is 0. The minimum absolute atomic E-state index is 0.324. The number of nitrogens with one attached hydrogen (secondary N) is 1. The van der Waals surface area contributed by atoms with Crippen LogP contribution >= 0.6 is 0 Å². The molecule has 3 N–H and O–H groups in total. The van der Waals surface area contributed by atoms with Gasteiger partial charge in [0.05, 0.1) is 17.0 Å². The van der Waals surface area contributed by atoms with E-state index in [9.17, 15) is 4.79 Å².